The van der Waals surface area contributed by atoms with E-state index < -0.39 is 0 Å². The van der Waals surface area contributed by atoms with Crippen LogP contribution in [0.3, 0.4) is 0 Å². The van der Waals surface area contributed by atoms with Gasteiger partial charge in [0.15, 0.2) is 0 Å². The summed E-state index contributed by atoms with van der Waals surface area (Å²) in [6, 6.07) is 8.66. The highest BCUT2D eigenvalue weighted by Gasteiger charge is 2.28. The summed E-state index contributed by atoms with van der Waals surface area (Å²) in [6.45, 7) is 5.33. The second-order valence-electron chi connectivity index (χ2n) is 5.85. The molecule has 0 amide bonds. The number of likely N-dealkylation sites (N-methyl/N-ethyl adjacent to an activating group) is 1. The molecule has 1 aliphatic rings. The van der Waals surface area contributed by atoms with Crippen molar-refractivity contribution in [2.75, 3.05) is 13.6 Å². The number of nitrogens with one attached hydrogen (secondary N) is 1. The zero-order chi connectivity index (χ0) is 13.8. The minimum Gasteiger partial charge on any atom is -0.312 e. The molecule has 1 N–H and O–H groups in total. The highest BCUT2D eigenvalue weighted by Crippen LogP contribution is 2.26. The van der Waals surface area contributed by atoms with E-state index in [-0.39, 0.29) is 5.82 Å². The van der Waals surface area contributed by atoms with Crippen LogP contribution in [0.1, 0.15) is 32.3 Å². The maximum absolute atomic E-state index is 13.6. The van der Waals surface area contributed by atoms with Crippen LogP contribution in [0.2, 0.25) is 0 Å². The van der Waals surface area contributed by atoms with Gasteiger partial charge in [0.2, 0.25) is 0 Å². The zero-order valence-electron chi connectivity index (χ0n) is 12.2. The molecule has 1 aliphatic carbocycles. The van der Waals surface area contributed by atoms with E-state index in [1.165, 1.54) is 18.9 Å². The van der Waals surface area contributed by atoms with E-state index in [9.17, 15) is 4.39 Å². The van der Waals surface area contributed by atoms with Crippen molar-refractivity contribution < 1.29 is 4.39 Å². The molecule has 1 saturated carbocycles. The molecule has 1 aromatic rings. The largest absolute Gasteiger partial charge is 0.312 e. The lowest BCUT2D eigenvalue weighted by Gasteiger charge is -2.26. The Morgan fingerprint density at radius 1 is 1.32 bits per heavy atom. The van der Waals surface area contributed by atoms with E-state index in [0.29, 0.717) is 12.1 Å². The smallest absolute Gasteiger partial charge is 0.126 e. The Morgan fingerprint density at radius 2 is 2.00 bits per heavy atom. The standard InChI is InChI=1S/C16H25FN2/c1-12(10-14-6-4-5-7-16(14)17)18-11-13(2)19(3)15-8-9-15/h4-7,12-13,15,18H,8-11H2,1-3H3. The molecule has 0 spiro atoms. The second kappa shape index (κ2) is 6.49. The van der Waals surface area contributed by atoms with E-state index in [1.807, 2.05) is 12.1 Å². The molecule has 0 saturated heterocycles. The molecule has 3 heteroatoms. The van der Waals surface area contributed by atoms with Crippen LogP contribution in [0.15, 0.2) is 24.3 Å². The number of halogens is 1. The van der Waals surface area contributed by atoms with Crippen molar-refractivity contribution in [2.24, 2.45) is 0 Å². The quantitative estimate of drug-likeness (QED) is 0.814. The Labute approximate surface area is 116 Å². The van der Waals surface area contributed by atoms with Gasteiger partial charge < -0.3 is 5.32 Å². The molecule has 106 valence electrons. The van der Waals surface area contributed by atoms with Crippen LogP contribution in [0, 0.1) is 5.82 Å². The molecule has 2 unspecified atom stereocenters. The first kappa shape index (κ1) is 14.5. The molecule has 0 radical (unpaired) electrons. The number of hydrogen-bond donors (Lipinski definition) is 1. The number of rotatable bonds is 7. The van der Waals surface area contributed by atoms with Crippen LogP contribution in [0.5, 0.6) is 0 Å². The lowest BCUT2D eigenvalue weighted by atomic mass is 10.1. The van der Waals surface area contributed by atoms with Crippen LogP contribution in [0.4, 0.5) is 4.39 Å². The molecule has 1 aromatic carbocycles. The van der Waals surface area contributed by atoms with Gasteiger partial charge >= 0.3 is 0 Å². The highest BCUT2D eigenvalue weighted by molar-refractivity contribution is 5.18. The molecule has 0 aromatic heterocycles. The average molecular weight is 264 g/mol. The van der Waals surface area contributed by atoms with Crippen molar-refractivity contribution in [1.29, 1.82) is 0 Å². The second-order valence-corrected chi connectivity index (χ2v) is 5.85. The Kier molecular flexibility index (Phi) is 4.94. The van der Waals surface area contributed by atoms with Crippen molar-refractivity contribution >= 4 is 0 Å². The molecular formula is C16H25FN2. The van der Waals surface area contributed by atoms with Crippen LogP contribution in [-0.4, -0.2) is 36.6 Å². The average Bonchev–Trinajstić information content (AvgIpc) is 3.22. The SMILES string of the molecule is CC(Cc1ccccc1F)NCC(C)N(C)C1CC1. The molecule has 0 heterocycles. The van der Waals surface area contributed by atoms with E-state index in [0.717, 1.165) is 24.6 Å². The topological polar surface area (TPSA) is 15.3 Å². The fourth-order valence-corrected chi connectivity index (χ4v) is 2.42. The van der Waals surface area contributed by atoms with Crippen molar-refractivity contribution in [1.82, 2.24) is 10.2 Å². The van der Waals surface area contributed by atoms with Crippen molar-refractivity contribution in [3.05, 3.63) is 35.6 Å². The van der Waals surface area contributed by atoms with Gasteiger partial charge in [-0.3, -0.25) is 4.90 Å². The molecule has 2 atom stereocenters. The van der Waals surface area contributed by atoms with Crippen molar-refractivity contribution in [3.8, 4) is 0 Å². The highest BCUT2D eigenvalue weighted by atomic mass is 19.1. The minimum absolute atomic E-state index is 0.0979. The first-order chi connectivity index (χ1) is 9.08. The summed E-state index contributed by atoms with van der Waals surface area (Å²) in [5.41, 5.74) is 0.797. The third-order valence-electron chi connectivity index (χ3n) is 4.06. The third kappa shape index (κ3) is 4.29. The van der Waals surface area contributed by atoms with Crippen molar-refractivity contribution in [2.45, 2.75) is 51.2 Å². The third-order valence-corrected chi connectivity index (χ3v) is 4.06. The lowest BCUT2D eigenvalue weighted by Crippen LogP contribution is -2.42. The Morgan fingerprint density at radius 3 is 2.63 bits per heavy atom. The molecular weight excluding hydrogens is 239 g/mol. The maximum atomic E-state index is 13.6. The molecule has 1 fully saturated rings. The molecule has 2 rings (SSSR count). The van der Waals surface area contributed by atoms with E-state index in [1.54, 1.807) is 6.07 Å². The maximum Gasteiger partial charge on any atom is 0.126 e. The zero-order valence-corrected chi connectivity index (χ0v) is 12.2. The number of nitrogens with zero attached hydrogens (tertiary/aromatic N) is 1. The van der Waals surface area contributed by atoms with Gasteiger partial charge in [0, 0.05) is 24.7 Å². The Hall–Kier alpha value is -0.930. The minimum atomic E-state index is -0.0979. The summed E-state index contributed by atoms with van der Waals surface area (Å²) in [5, 5.41) is 3.51. The molecule has 2 nitrogen and oxygen atoms in total. The van der Waals surface area contributed by atoms with Gasteiger partial charge in [0.1, 0.15) is 5.82 Å². The Bertz CT molecular complexity index is 403. The van der Waals surface area contributed by atoms with Crippen LogP contribution >= 0.6 is 0 Å². The van der Waals surface area contributed by atoms with Gasteiger partial charge in [-0.25, -0.2) is 4.39 Å². The summed E-state index contributed by atoms with van der Waals surface area (Å²) < 4.78 is 13.6. The predicted molar refractivity (Wildman–Crippen MR) is 77.8 cm³/mol. The van der Waals surface area contributed by atoms with Crippen LogP contribution in [0.25, 0.3) is 0 Å². The van der Waals surface area contributed by atoms with Gasteiger partial charge in [0.25, 0.3) is 0 Å². The lowest BCUT2D eigenvalue weighted by molar-refractivity contribution is 0.236. The molecule has 19 heavy (non-hydrogen) atoms. The van der Waals surface area contributed by atoms with Gasteiger partial charge in [-0.2, -0.15) is 0 Å². The summed E-state index contributed by atoms with van der Waals surface area (Å²) in [7, 11) is 2.20. The van der Waals surface area contributed by atoms with Gasteiger partial charge in [-0.1, -0.05) is 18.2 Å². The van der Waals surface area contributed by atoms with E-state index in [2.05, 4.69) is 31.1 Å². The van der Waals surface area contributed by atoms with Gasteiger partial charge in [-0.05, 0) is 51.8 Å². The fraction of sp³-hybridized carbons (Fsp3) is 0.625. The number of hydrogen-bond acceptors (Lipinski definition) is 2. The summed E-state index contributed by atoms with van der Waals surface area (Å²) in [5.74, 6) is -0.0979. The summed E-state index contributed by atoms with van der Waals surface area (Å²) in [4.78, 5) is 2.45. The number of benzene rings is 1. The van der Waals surface area contributed by atoms with E-state index >= 15 is 0 Å². The van der Waals surface area contributed by atoms with Gasteiger partial charge in [0.05, 0.1) is 0 Å². The fourth-order valence-electron chi connectivity index (χ4n) is 2.42. The van der Waals surface area contributed by atoms with Crippen molar-refractivity contribution in [3.63, 3.8) is 0 Å². The first-order valence-electron chi connectivity index (χ1n) is 7.26. The van der Waals surface area contributed by atoms with Crippen LogP contribution < -0.4 is 5.32 Å². The normalized spacial score (nSPS) is 18.6. The molecule has 0 aliphatic heterocycles. The van der Waals surface area contributed by atoms with E-state index in [4.69, 9.17) is 0 Å². The predicted octanol–water partition coefficient (Wildman–Crippen LogP) is 2.83. The molecule has 0 bridgehead atoms. The summed E-state index contributed by atoms with van der Waals surface area (Å²) in [6.07, 6.45) is 3.42. The van der Waals surface area contributed by atoms with Crippen LogP contribution in [-0.2, 0) is 6.42 Å². The Balaban J connectivity index is 1.75. The first-order valence-corrected chi connectivity index (χ1v) is 7.26. The summed E-state index contributed by atoms with van der Waals surface area (Å²) >= 11 is 0. The van der Waals surface area contributed by atoms with Gasteiger partial charge in [-0.15, -0.1) is 0 Å². The monoisotopic (exact) mass is 264 g/mol.